The molecule has 8 nitrogen and oxygen atoms in total. The normalized spacial score (nSPS) is 12.1. The molecule has 1 unspecified atom stereocenters. The Labute approximate surface area is 131 Å². The zero-order valence-electron chi connectivity index (χ0n) is 12.6. The number of carbonyl (C=O) groups is 3. The van der Waals surface area contributed by atoms with Crippen LogP contribution >= 0.6 is 0 Å². The van der Waals surface area contributed by atoms with Gasteiger partial charge in [-0.3, -0.25) is 9.59 Å². The number of hydrogen-bond donors (Lipinski definition) is 3. The Morgan fingerprint density at radius 1 is 1.22 bits per heavy atom. The highest BCUT2D eigenvalue weighted by Crippen LogP contribution is 2.22. The first-order valence-corrected chi connectivity index (χ1v) is 6.87. The molecule has 0 aliphatic carbocycles. The van der Waals surface area contributed by atoms with E-state index in [1.807, 2.05) is 26.0 Å². The van der Waals surface area contributed by atoms with E-state index in [1.165, 1.54) is 0 Å². The fourth-order valence-corrected chi connectivity index (χ4v) is 2.14. The number of carbonyl (C=O) groups excluding carboxylic acids is 1. The van der Waals surface area contributed by atoms with Gasteiger partial charge in [0.05, 0.1) is 12.8 Å². The van der Waals surface area contributed by atoms with E-state index >= 15 is 0 Å². The van der Waals surface area contributed by atoms with Gasteiger partial charge < -0.3 is 20.1 Å². The van der Waals surface area contributed by atoms with Gasteiger partial charge in [0, 0.05) is 5.39 Å². The molecule has 0 aliphatic heterocycles. The lowest BCUT2D eigenvalue weighted by molar-refractivity contribution is -0.147. The Balaban J connectivity index is 2.15. The standard InChI is InChI=1S/C15H16N2O6/c1-7-3-9-10(17-23-12(9)4-8(7)2)5-13(18)16-11(15(21)22)6-14(19)20/h3-4,11H,5-6H2,1-2H3,(H,16,18)(H,19,20)(H,21,22). The lowest BCUT2D eigenvalue weighted by Crippen LogP contribution is -2.42. The van der Waals surface area contributed by atoms with Crippen LogP contribution in [0.4, 0.5) is 0 Å². The van der Waals surface area contributed by atoms with Gasteiger partial charge in [-0.25, -0.2) is 4.79 Å². The predicted molar refractivity (Wildman–Crippen MR) is 79.0 cm³/mol. The van der Waals surface area contributed by atoms with Crippen molar-refractivity contribution in [1.29, 1.82) is 0 Å². The highest BCUT2D eigenvalue weighted by atomic mass is 16.5. The third-order valence-corrected chi connectivity index (χ3v) is 3.50. The van der Waals surface area contributed by atoms with Crippen molar-refractivity contribution in [2.75, 3.05) is 0 Å². The number of nitrogens with one attached hydrogen (secondary N) is 1. The maximum absolute atomic E-state index is 12.0. The van der Waals surface area contributed by atoms with E-state index in [2.05, 4.69) is 10.5 Å². The number of aliphatic carboxylic acids is 2. The molecule has 0 aliphatic rings. The summed E-state index contributed by atoms with van der Waals surface area (Å²) in [4.78, 5) is 33.5. The Morgan fingerprint density at radius 2 is 1.87 bits per heavy atom. The first-order valence-electron chi connectivity index (χ1n) is 6.87. The summed E-state index contributed by atoms with van der Waals surface area (Å²) in [6.45, 7) is 3.84. The van der Waals surface area contributed by atoms with Crippen LogP contribution < -0.4 is 5.32 Å². The van der Waals surface area contributed by atoms with Gasteiger partial charge in [0.2, 0.25) is 5.91 Å². The summed E-state index contributed by atoms with van der Waals surface area (Å²) in [7, 11) is 0. The summed E-state index contributed by atoms with van der Waals surface area (Å²) in [5.74, 6) is -3.35. The number of benzene rings is 1. The van der Waals surface area contributed by atoms with Crippen LogP contribution in [-0.2, 0) is 20.8 Å². The second-order valence-corrected chi connectivity index (χ2v) is 5.29. The highest BCUT2D eigenvalue weighted by molar-refractivity contribution is 5.90. The number of hydrogen-bond acceptors (Lipinski definition) is 5. The van der Waals surface area contributed by atoms with Crippen molar-refractivity contribution in [1.82, 2.24) is 10.5 Å². The number of carboxylic acids is 2. The number of aryl methyl sites for hydroxylation is 2. The molecule has 1 heterocycles. The third-order valence-electron chi connectivity index (χ3n) is 3.50. The van der Waals surface area contributed by atoms with Crippen LogP contribution in [0.15, 0.2) is 16.7 Å². The van der Waals surface area contributed by atoms with E-state index in [-0.39, 0.29) is 6.42 Å². The van der Waals surface area contributed by atoms with Gasteiger partial charge in [0.25, 0.3) is 0 Å². The second-order valence-electron chi connectivity index (χ2n) is 5.29. The van der Waals surface area contributed by atoms with Gasteiger partial charge in [-0.15, -0.1) is 0 Å². The van der Waals surface area contributed by atoms with Crippen LogP contribution in [0, 0.1) is 13.8 Å². The number of amides is 1. The molecule has 23 heavy (non-hydrogen) atoms. The van der Waals surface area contributed by atoms with Crippen molar-refractivity contribution in [2.24, 2.45) is 0 Å². The molecule has 0 fully saturated rings. The quantitative estimate of drug-likeness (QED) is 0.724. The number of fused-ring (bicyclic) bond motifs is 1. The van der Waals surface area contributed by atoms with E-state index in [1.54, 1.807) is 0 Å². The van der Waals surface area contributed by atoms with Crippen molar-refractivity contribution in [2.45, 2.75) is 32.7 Å². The molecule has 2 aromatic rings. The van der Waals surface area contributed by atoms with E-state index < -0.39 is 30.3 Å². The molecule has 1 atom stereocenters. The van der Waals surface area contributed by atoms with Crippen LogP contribution in [0.3, 0.4) is 0 Å². The number of nitrogens with zero attached hydrogens (tertiary/aromatic N) is 1. The van der Waals surface area contributed by atoms with Crippen molar-refractivity contribution < 1.29 is 29.1 Å². The minimum absolute atomic E-state index is 0.196. The summed E-state index contributed by atoms with van der Waals surface area (Å²) in [6, 6.07) is 2.17. The van der Waals surface area contributed by atoms with Gasteiger partial charge >= 0.3 is 11.9 Å². The highest BCUT2D eigenvalue weighted by Gasteiger charge is 2.24. The van der Waals surface area contributed by atoms with Crippen molar-refractivity contribution >= 4 is 28.8 Å². The molecule has 0 radical (unpaired) electrons. The first kappa shape index (κ1) is 16.5. The molecule has 122 valence electrons. The van der Waals surface area contributed by atoms with E-state index in [0.717, 1.165) is 11.1 Å². The van der Waals surface area contributed by atoms with Crippen molar-refractivity contribution in [3.8, 4) is 0 Å². The summed E-state index contributed by atoms with van der Waals surface area (Å²) in [5, 5.41) is 24.3. The maximum atomic E-state index is 12.0. The van der Waals surface area contributed by atoms with Crippen molar-refractivity contribution in [3.05, 3.63) is 29.0 Å². The van der Waals surface area contributed by atoms with Gasteiger partial charge in [0.15, 0.2) is 5.58 Å². The molecule has 1 aromatic heterocycles. The average molecular weight is 320 g/mol. The Kier molecular flexibility index (Phi) is 4.63. The topological polar surface area (TPSA) is 130 Å². The van der Waals surface area contributed by atoms with Gasteiger partial charge in [-0.1, -0.05) is 5.16 Å². The zero-order valence-corrected chi connectivity index (χ0v) is 12.6. The average Bonchev–Trinajstić information content (AvgIpc) is 2.80. The molecular weight excluding hydrogens is 304 g/mol. The summed E-state index contributed by atoms with van der Waals surface area (Å²) in [5.41, 5.74) is 2.95. The third kappa shape index (κ3) is 3.85. The molecule has 0 bridgehead atoms. The molecule has 8 heteroatoms. The monoisotopic (exact) mass is 320 g/mol. The first-order chi connectivity index (χ1) is 10.8. The molecule has 0 saturated carbocycles. The number of carboxylic acid groups (broad SMARTS) is 2. The molecule has 1 aromatic carbocycles. The fourth-order valence-electron chi connectivity index (χ4n) is 2.14. The van der Waals surface area contributed by atoms with Crippen LogP contribution in [0.2, 0.25) is 0 Å². The largest absolute Gasteiger partial charge is 0.481 e. The zero-order chi connectivity index (χ0) is 17.1. The summed E-state index contributed by atoms with van der Waals surface area (Å²) >= 11 is 0. The van der Waals surface area contributed by atoms with E-state index in [4.69, 9.17) is 14.7 Å². The smallest absolute Gasteiger partial charge is 0.326 e. The summed E-state index contributed by atoms with van der Waals surface area (Å²) < 4.78 is 5.16. The predicted octanol–water partition coefficient (Wildman–Crippen LogP) is 1.03. The molecular formula is C15H16N2O6. The lowest BCUT2D eigenvalue weighted by Gasteiger charge is -2.11. The molecule has 0 spiro atoms. The van der Waals surface area contributed by atoms with Crippen LogP contribution in [0.5, 0.6) is 0 Å². The Bertz CT molecular complexity index is 780. The van der Waals surface area contributed by atoms with E-state index in [0.29, 0.717) is 16.7 Å². The molecule has 3 N–H and O–H groups in total. The van der Waals surface area contributed by atoms with Crippen LogP contribution in [0.1, 0.15) is 23.2 Å². The maximum Gasteiger partial charge on any atom is 0.326 e. The summed E-state index contributed by atoms with van der Waals surface area (Å²) in [6.07, 6.45) is -0.891. The lowest BCUT2D eigenvalue weighted by atomic mass is 10.1. The van der Waals surface area contributed by atoms with E-state index in [9.17, 15) is 14.4 Å². The Hall–Kier alpha value is -2.90. The van der Waals surface area contributed by atoms with Gasteiger partial charge in [-0.2, -0.15) is 0 Å². The minimum atomic E-state index is -1.48. The van der Waals surface area contributed by atoms with Crippen LogP contribution in [-0.4, -0.2) is 39.3 Å². The van der Waals surface area contributed by atoms with Gasteiger partial charge in [-0.05, 0) is 37.1 Å². The molecule has 1 amide bonds. The molecule has 0 saturated heterocycles. The fraction of sp³-hybridized carbons (Fsp3) is 0.333. The van der Waals surface area contributed by atoms with Crippen molar-refractivity contribution in [3.63, 3.8) is 0 Å². The van der Waals surface area contributed by atoms with Gasteiger partial charge in [0.1, 0.15) is 11.7 Å². The number of rotatable bonds is 6. The second kappa shape index (κ2) is 6.47. The SMILES string of the molecule is Cc1cc2onc(CC(=O)NC(CC(=O)O)C(=O)O)c2cc1C. The minimum Gasteiger partial charge on any atom is -0.481 e. The molecule has 2 rings (SSSR count). The number of aromatic nitrogens is 1. The van der Waals surface area contributed by atoms with Crippen LogP contribution in [0.25, 0.3) is 11.0 Å². The Morgan fingerprint density at radius 3 is 2.48 bits per heavy atom.